The van der Waals surface area contributed by atoms with Crippen LogP contribution in [0.5, 0.6) is 11.5 Å². The Bertz CT molecular complexity index is 1120. The summed E-state index contributed by atoms with van der Waals surface area (Å²) in [6, 6.07) is 19.7. The minimum Gasteiger partial charge on any atom is -0.508 e. The molecule has 4 rings (SSSR count). The van der Waals surface area contributed by atoms with Gasteiger partial charge in [-0.2, -0.15) is 5.10 Å². The molecule has 0 saturated carbocycles. The first-order chi connectivity index (χ1) is 13.1. The highest BCUT2D eigenvalue weighted by molar-refractivity contribution is 6.08. The number of aromatic nitrogens is 2. The van der Waals surface area contributed by atoms with Crippen LogP contribution in [-0.2, 0) is 0 Å². The van der Waals surface area contributed by atoms with Gasteiger partial charge in [-0.15, -0.1) is 0 Å². The molecule has 0 spiro atoms. The molecule has 6 heteroatoms. The van der Waals surface area contributed by atoms with Gasteiger partial charge < -0.3 is 15.2 Å². The van der Waals surface area contributed by atoms with Crippen LogP contribution in [0.15, 0.2) is 66.7 Å². The molecular weight excluding hydrogens is 342 g/mol. The number of methoxy groups -OCH3 is 1. The van der Waals surface area contributed by atoms with E-state index in [1.807, 2.05) is 30.3 Å². The Hall–Kier alpha value is -3.80. The standard InChI is InChI=1S/C21H17N3O3/c1-27-17-4-2-3-15(11-17)21(26)22-20-18-10-7-14(12-19(18)23-24-20)13-5-8-16(25)9-6-13/h2-12,25H,1H3,(H2,22,23,24,26). The molecule has 0 fully saturated rings. The molecule has 4 aromatic rings. The van der Waals surface area contributed by atoms with Gasteiger partial charge in [0.05, 0.1) is 12.6 Å². The number of hydrogen-bond acceptors (Lipinski definition) is 4. The molecule has 27 heavy (non-hydrogen) atoms. The highest BCUT2D eigenvalue weighted by atomic mass is 16.5. The van der Waals surface area contributed by atoms with Crippen molar-refractivity contribution in [3.63, 3.8) is 0 Å². The lowest BCUT2D eigenvalue weighted by molar-refractivity contribution is 0.102. The summed E-state index contributed by atoms with van der Waals surface area (Å²) >= 11 is 0. The van der Waals surface area contributed by atoms with E-state index < -0.39 is 0 Å². The Kier molecular flexibility index (Phi) is 4.22. The zero-order valence-corrected chi connectivity index (χ0v) is 14.6. The molecule has 1 aromatic heterocycles. The summed E-state index contributed by atoms with van der Waals surface area (Å²) < 4.78 is 5.16. The SMILES string of the molecule is COc1cccc(C(=O)Nc2n[nH]c3cc(-c4ccc(O)cc4)ccc23)c1. The number of ether oxygens (including phenoxy) is 1. The van der Waals surface area contributed by atoms with E-state index in [0.717, 1.165) is 22.0 Å². The molecule has 3 aromatic carbocycles. The molecule has 0 aliphatic heterocycles. The summed E-state index contributed by atoms with van der Waals surface area (Å²) in [5.41, 5.74) is 3.26. The first-order valence-electron chi connectivity index (χ1n) is 8.37. The highest BCUT2D eigenvalue weighted by Gasteiger charge is 2.12. The van der Waals surface area contributed by atoms with E-state index in [1.54, 1.807) is 43.5 Å². The van der Waals surface area contributed by atoms with Crippen LogP contribution in [-0.4, -0.2) is 28.3 Å². The van der Waals surface area contributed by atoms with E-state index >= 15 is 0 Å². The number of carbonyl (C=O) groups excluding carboxylic acids is 1. The number of hydrogen-bond donors (Lipinski definition) is 3. The van der Waals surface area contributed by atoms with Crippen LogP contribution in [0.4, 0.5) is 5.82 Å². The van der Waals surface area contributed by atoms with Crippen molar-refractivity contribution in [1.82, 2.24) is 10.2 Å². The van der Waals surface area contributed by atoms with Crippen LogP contribution in [0.1, 0.15) is 10.4 Å². The van der Waals surface area contributed by atoms with E-state index in [-0.39, 0.29) is 11.7 Å². The Labute approximate surface area is 155 Å². The smallest absolute Gasteiger partial charge is 0.257 e. The zero-order valence-electron chi connectivity index (χ0n) is 14.6. The molecule has 134 valence electrons. The second-order valence-corrected chi connectivity index (χ2v) is 6.07. The number of benzene rings is 3. The summed E-state index contributed by atoms with van der Waals surface area (Å²) in [5, 5.41) is 20.2. The van der Waals surface area contributed by atoms with Gasteiger partial charge in [0.1, 0.15) is 11.5 Å². The average Bonchev–Trinajstić information content (AvgIpc) is 3.10. The predicted molar refractivity (Wildman–Crippen MR) is 104 cm³/mol. The molecule has 0 atom stereocenters. The maximum absolute atomic E-state index is 12.5. The molecule has 0 unspecified atom stereocenters. The number of amides is 1. The quantitative estimate of drug-likeness (QED) is 0.510. The van der Waals surface area contributed by atoms with Gasteiger partial charge in [0.25, 0.3) is 5.91 Å². The topological polar surface area (TPSA) is 87.2 Å². The van der Waals surface area contributed by atoms with Crippen LogP contribution < -0.4 is 10.1 Å². The van der Waals surface area contributed by atoms with Gasteiger partial charge in [-0.1, -0.05) is 24.3 Å². The van der Waals surface area contributed by atoms with Crippen LogP contribution >= 0.6 is 0 Å². The minimum absolute atomic E-state index is 0.226. The monoisotopic (exact) mass is 359 g/mol. The van der Waals surface area contributed by atoms with Crippen LogP contribution in [0, 0.1) is 0 Å². The third-order valence-electron chi connectivity index (χ3n) is 4.33. The fraction of sp³-hybridized carbons (Fsp3) is 0.0476. The third-order valence-corrected chi connectivity index (χ3v) is 4.33. The largest absolute Gasteiger partial charge is 0.508 e. The molecule has 0 radical (unpaired) electrons. The van der Waals surface area contributed by atoms with Crippen LogP contribution in [0.25, 0.3) is 22.0 Å². The summed E-state index contributed by atoms with van der Waals surface area (Å²) in [6.07, 6.45) is 0. The molecule has 3 N–H and O–H groups in total. The summed E-state index contributed by atoms with van der Waals surface area (Å²) in [4.78, 5) is 12.5. The third kappa shape index (κ3) is 3.32. The number of nitrogens with zero attached hydrogens (tertiary/aromatic N) is 1. The molecule has 1 amide bonds. The number of fused-ring (bicyclic) bond motifs is 1. The fourth-order valence-corrected chi connectivity index (χ4v) is 2.89. The number of aromatic amines is 1. The van der Waals surface area contributed by atoms with Crippen LogP contribution in [0.2, 0.25) is 0 Å². The first kappa shape index (κ1) is 16.7. The summed E-state index contributed by atoms with van der Waals surface area (Å²) in [7, 11) is 1.56. The maximum atomic E-state index is 12.5. The van der Waals surface area contributed by atoms with Crippen molar-refractivity contribution < 1.29 is 14.6 Å². The van der Waals surface area contributed by atoms with Gasteiger partial charge in [0.2, 0.25) is 0 Å². The summed E-state index contributed by atoms with van der Waals surface area (Å²) in [6.45, 7) is 0. The van der Waals surface area contributed by atoms with Crippen molar-refractivity contribution in [2.24, 2.45) is 0 Å². The molecule has 0 saturated heterocycles. The number of rotatable bonds is 4. The lowest BCUT2D eigenvalue weighted by Gasteiger charge is -2.05. The molecule has 6 nitrogen and oxygen atoms in total. The molecule has 0 aliphatic carbocycles. The van der Waals surface area contributed by atoms with Gasteiger partial charge >= 0.3 is 0 Å². The Morgan fingerprint density at radius 3 is 2.59 bits per heavy atom. The number of phenolic OH excluding ortho intramolecular Hbond substituents is 1. The highest BCUT2D eigenvalue weighted by Crippen LogP contribution is 2.28. The number of nitrogens with one attached hydrogen (secondary N) is 2. The second kappa shape index (κ2) is 6.84. The summed E-state index contributed by atoms with van der Waals surface area (Å²) in [5.74, 6) is 1.05. The molecule has 0 aliphatic rings. The second-order valence-electron chi connectivity index (χ2n) is 6.07. The normalized spacial score (nSPS) is 10.7. The van der Waals surface area contributed by atoms with Crippen molar-refractivity contribution >= 4 is 22.6 Å². The minimum atomic E-state index is -0.259. The Morgan fingerprint density at radius 1 is 1.04 bits per heavy atom. The van der Waals surface area contributed by atoms with Gasteiger partial charge in [0.15, 0.2) is 5.82 Å². The first-order valence-corrected chi connectivity index (χ1v) is 8.37. The van der Waals surface area contributed by atoms with Crippen molar-refractivity contribution in [1.29, 1.82) is 0 Å². The maximum Gasteiger partial charge on any atom is 0.257 e. The van der Waals surface area contributed by atoms with E-state index in [4.69, 9.17) is 4.74 Å². The number of phenols is 1. The van der Waals surface area contributed by atoms with E-state index in [0.29, 0.717) is 17.1 Å². The van der Waals surface area contributed by atoms with Gasteiger partial charge in [-0.3, -0.25) is 9.89 Å². The van der Waals surface area contributed by atoms with Crippen molar-refractivity contribution in [3.8, 4) is 22.6 Å². The predicted octanol–water partition coefficient (Wildman–Crippen LogP) is 4.20. The van der Waals surface area contributed by atoms with Gasteiger partial charge in [0, 0.05) is 10.9 Å². The van der Waals surface area contributed by atoms with Crippen molar-refractivity contribution in [3.05, 3.63) is 72.3 Å². The fourth-order valence-electron chi connectivity index (χ4n) is 2.89. The lowest BCUT2D eigenvalue weighted by Crippen LogP contribution is -2.12. The van der Waals surface area contributed by atoms with Gasteiger partial charge in [-0.05, 0) is 53.6 Å². The number of anilines is 1. The van der Waals surface area contributed by atoms with Crippen molar-refractivity contribution in [2.75, 3.05) is 12.4 Å². The zero-order chi connectivity index (χ0) is 18.8. The lowest BCUT2D eigenvalue weighted by atomic mass is 10.0. The van der Waals surface area contributed by atoms with E-state index in [9.17, 15) is 9.90 Å². The Balaban J connectivity index is 1.61. The average molecular weight is 359 g/mol. The Morgan fingerprint density at radius 2 is 1.81 bits per heavy atom. The number of carbonyl (C=O) groups is 1. The molecule has 0 bridgehead atoms. The number of aromatic hydroxyl groups is 1. The van der Waals surface area contributed by atoms with E-state index in [1.165, 1.54) is 0 Å². The van der Waals surface area contributed by atoms with Crippen molar-refractivity contribution in [2.45, 2.75) is 0 Å². The van der Waals surface area contributed by atoms with Gasteiger partial charge in [-0.25, -0.2) is 0 Å². The molecule has 1 heterocycles. The molecular formula is C21H17N3O3. The number of H-pyrrole nitrogens is 1. The van der Waals surface area contributed by atoms with E-state index in [2.05, 4.69) is 15.5 Å². The van der Waals surface area contributed by atoms with Crippen LogP contribution in [0.3, 0.4) is 0 Å².